The van der Waals surface area contributed by atoms with Crippen LogP contribution in [0.15, 0.2) is 41.7 Å². The minimum atomic E-state index is -0.308. The van der Waals surface area contributed by atoms with Crippen LogP contribution in [0.5, 0.6) is 0 Å². The fraction of sp³-hybridized carbons (Fsp3) is 0.235. The minimum Gasteiger partial charge on any atom is -0.394 e. The molecule has 0 unspecified atom stereocenters. The molecule has 1 aromatic carbocycles. The van der Waals surface area contributed by atoms with Gasteiger partial charge in [-0.3, -0.25) is 14.6 Å². The molecule has 0 atom stereocenters. The number of anilines is 1. The molecule has 130 valence electrons. The molecule has 0 spiro atoms. The Balaban J connectivity index is 1.94. The molecule has 1 aliphatic rings. The van der Waals surface area contributed by atoms with Crippen LogP contribution in [0.4, 0.5) is 10.5 Å². The number of halogens is 1. The van der Waals surface area contributed by atoms with Crippen LogP contribution < -0.4 is 5.32 Å². The maximum Gasteiger partial charge on any atom is 0.327 e. The standard InChI is InChI=1S/C17H18ClN5O2/c1-12-3-4-13(18)9-14(12)16-15(10-23(21-16)7-8-24)20-17(25)22-6-2-5-19-11-22/h2-6,9-10,24H,7-8,11H2,1H3,(H,20,25). The summed E-state index contributed by atoms with van der Waals surface area (Å²) in [5.41, 5.74) is 2.96. The van der Waals surface area contributed by atoms with Crippen molar-refractivity contribution in [1.82, 2.24) is 14.7 Å². The van der Waals surface area contributed by atoms with Gasteiger partial charge in [-0.25, -0.2) is 4.79 Å². The first-order valence-electron chi connectivity index (χ1n) is 7.77. The molecule has 0 bridgehead atoms. The van der Waals surface area contributed by atoms with Crippen molar-refractivity contribution in [1.29, 1.82) is 0 Å². The molecule has 0 fully saturated rings. The quantitative estimate of drug-likeness (QED) is 0.880. The van der Waals surface area contributed by atoms with Crippen LogP contribution >= 0.6 is 11.6 Å². The first-order chi connectivity index (χ1) is 12.1. The van der Waals surface area contributed by atoms with Crippen LogP contribution in [0, 0.1) is 6.92 Å². The Morgan fingerprint density at radius 2 is 2.28 bits per heavy atom. The van der Waals surface area contributed by atoms with E-state index in [2.05, 4.69) is 15.4 Å². The molecule has 1 aromatic heterocycles. The number of carbonyl (C=O) groups is 1. The van der Waals surface area contributed by atoms with E-state index in [-0.39, 0.29) is 19.3 Å². The van der Waals surface area contributed by atoms with Crippen LogP contribution in [0.3, 0.4) is 0 Å². The van der Waals surface area contributed by atoms with Crippen LogP contribution in [-0.4, -0.2) is 45.3 Å². The van der Waals surface area contributed by atoms with E-state index < -0.39 is 0 Å². The van der Waals surface area contributed by atoms with Crippen molar-refractivity contribution in [2.75, 3.05) is 18.6 Å². The van der Waals surface area contributed by atoms with Gasteiger partial charge in [0.2, 0.25) is 0 Å². The summed E-state index contributed by atoms with van der Waals surface area (Å²) in [7, 11) is 0. The van der Waals surface area contributed by atoms with E-state index in [4.69, 9.17) is 11.6 Å². The van der Waals surface area contributed by atoms with Crippen molar-refractivity contribution in [2.45, 2.75) is 13.5 Å². The Hall–Kier alpha value is -2.64. The Morgan fingerprint density at radius 3 is 3.00 bits per heavy atom. The van der Waals surface area contributed by atoms with Crippen molar-refractivity contribution in [3.8, 4) is 11.3 Å². The molecule has 0 radical (unpaired) electrons. The number of urea groups is 1. The van der Waals surface area contributed by atoms with Crippen molar-refractivity contribution in [3.05, 3.63) is 47.3 Å². The summed E-state index contributed by atoms with van der Waals surface area (Å²) in [6.07, 6.45) is 6.69. The fourth-order valence-corrected chi connectivity index (χ4v) is 2.65. The normalized spacial score (nSPS) is 13.3. The van der Waals surface area contributed by atoms with E-state index in [1.54, 1.807) is 35.4 Å². The van der Waals surface area contributed by atoms with Crippen molar-refractivity contribution in [3.63, 3.8) is 0 Å². The summed E-state index contributed by atoms with van der Waals surface area (Å²) in [5.74, 6) is 0. The van der Waals surface area contributed by atoms with Gasteiger partial charge in [-0.15, -0.1) is 0 Å². The van der Waals surface area contributed by atoms with Crippen LogP contribution in [0.1, 0.15) is 5.56 Å². The third-order valence-corrected chi connectivity index (χ3v) is 3.97. The number of allylic oxidation sites excluding steroid dienone is 1. The van der Waals surface area contributed by atoms with Crippen LogP contribution in [0.2, 0.25) is 5.02 Å². The van der Waals surface area contributed by atoms with E-state index in [1.807, 2.05) is 19.1 Å². The number of hydrogen-bond acceptors (Lipinski definition) is 4. The van der Waals surface area contributed by atoms with Gasteiger partial charge in [-0.1, -0.05) is 17.7 Å². The second-order valence-corrected chi connectivity index (χ2v) is 5.99. The predicted molar refractivity (Wildman–Crippen MR) is 97.9 cm³/mol. The SMILES string of the molecule is Cc1ccc(Cl)cc1-c1nn(CCO)cc1NC(=O)N1C=CC=NC1. The molecule has 2 amide bonds. The molecule has 8 heteroatoms. The zero-order valence-corrected chi connectivity index (χ0v) is 14.4. The van der Waals surface area contributed by atoms with E-state index in [0.29, 0.717) is 22.9 Å². The van der Waals surface area contributed by atoms with Gasteiger partial charge in [0.25, 0.3) is 0 Å². The Kier molecular flexibility index (Phi) is 5.16. The molecule has 0 saturated heterocycles. The van der Waals surface area contributed by atoms with Gasteiger partial charge in [0.1, 0.15) is 12.4 Å². The fourth-order valence-electron chi connectivity index (χ4n) is 2.48. The van der Waals surface area contributed by atoms with E-state index in [9.17, 15) is 9.90 Å². The third-order valence-electron chi connectivity index (χ3n) is 3.74. The smallest absolute Gasteiger partial charge is 0.327 e. The molecule has 2 heterocycles. The summed E-state index contributed by atoms with van der Waals surface area (Å²) in [6.45, 7) is 2.49. The van der Waals surface area contributed by atoms with Gasteiger partial charge in [-0.2, -0.15) is 5.10 Å². The topological polar surface area (TPSA) is 82.8 Å². The molecule has 7 nitrogen and oxygen atoms in total. The lowest BCUT2D eigenvalue weighted by Crippen LogP contribution is -2.31. The first kappa shape index (κ1) is 17.2. The zero-order valence-electron chi connectivity index (χ0n) is 13.7. The number of benzene rings is 1. The number of amides is 2. The Bertz CT molecular complexity index is 844. The molecule has 2 aromatic rings. The number of carbonyl (C=O) groups excluding carboxylic acids is 1. The lowest BCUT2D eigenvalue weighted by molar-refractivity contribution is 0.229. The summed E-state index contributed by atoms with van der Waals surface area (Å²) >= 11 is 6.12. The molecule has 0 aliphatic carbocycles. The second-order valence-electron chi connectivity index (χ2n) is 5.55. The number of aliphatic hydroxyl groups excluding tert-OH is 1. The molecule has 1 aliphatic heterocycles. The van der Waals surface area contributed by atoms with Gasteiger partial charge in [0.05, 0.1) is 18.8 Å². The molecule has 2 N–H and O–H groups in total. The average Bonchev–Trinajstić information content (AvgIpc) is 3.00. The number of hydrogen-bond donors (Lipinski definition) is 2. The van der Waals surface area contributed by atoms with Crippen LogP contribution in [-0.2, 0) is 6.54 Å². The Labute approximate surface area is 150 Å². The average molecular weight is 360 g/mol. The van der Waals surface area contributed by atoms with Crippen molar-refractivity contribution in [2.24, 2.45) is 4.99 Å². The highest BCUT2D eigenvalue weighted by atomic mass is 35.5. The van der Waals surface area contributed by atoms with Gasteiger partial charge in [0.15, 0.2) is 0 Å². The van der Waals surface area contributed by atoms with Crippen LogP contribution in [0.25, 0.3) is 11.3 Å². The van der Waals surface area contributed by atoms with E-state index >= 15 is 0 Å². The second kappa shape index (κ2) is 7.50. The minimum absolute atomic E-state index is 0.0490. The molecule has 0 saturated carbocycles. The number of aromatic nitrogens is 2. The van der Waals surface area contributed by atoms with Gasteiger partial charge in [-0.05, 0) is 30.7 Å². The number of aryl methyl sites for hydroxylation is 1. The third kappa shape index (κ3) is 3.89. The highest BCUT2D eigenvalue weighted by Crippen LogP contribution is 2.31. The number of nitrogens with one attached hydrogen (secondary N) is 1. The number of aliphatic hydroxyl groups is 1. The number of nitrogens with zero attached hydrogens (tertiary/aromatic N) is 4. The van der Waals surface area contributed by atoms with Gasteiger partial charge in [0, 0.05) is 29.2 Å². The summed E-state index contributed by atoms with van der Waals surface area (Å²) < 4.78 is 1.59. The summed E-state index contributed by atoms with van der Waals surface area (Å²) in [4.78, 5) is 17.9. The molecular formula is C17H18ClN5O2. The first-order valence-corrected chi connectivity index (χ1v) is 8.15. The lowest BCUT2D eigenvalue weighted by atomic mass is 10.1. The highest BCUT2D eigenvalue weighted by molar-refractivity contribution is 6.30. The van der Waals surface area contributed by atoms with E-state index in [1.165, 1.54) is 4.90 Å². The summed E-state index contributed by atoms with van der Waals surface area (Å²) in [5, 5.41) is 17.1. The predicted octanol–water partition coefficient (Wildman–Crippen LogP) is 2.89. The van der Waals surface area contributed by atoms with Crippen molar-refractivity contribution >= 4 is 29.5 Å². The van der Waals surface area contributed by atoms with Gasteiger partial charge < -0.3 is 10.4 Å². The Morgan fingerprint density at radius 1 is 1.44 bits per heavy atom. The lowest BCUT2D eigenvalue weighted by Gasteiger charge is -2.18. The number of rotatable bonds is 4. The zero-order chi connectivity index (χ0) is 17.8. The largest absolute Gasteiger partial charge is 0.394 e. The van der Waals surface area contributed by atoms with Crippen molar-refractivity contribution < 1.29 is 9.90 Å². The molecular weight excluding hydrogens is 342 g/mol. The van der Waals surface area contributed by atoms with E-state index in [0.717, 1.165) is 11.1 Å². The number of aliphatic imine (C=N–C) groups is 1. The molecule has 25 heavy (non-hydrogen) atoms. The monoisotopic (exact) mass is 359 g/mol. The molecule has 3 rings (SSSR count). The maximum absolute atomic E-state index is 12.4. The van der Waals surface area contributed by atoms with Gasteiger partial charge >= 0.3 is 6.03 Å². The summed E-state index contributed by atoms with van der Waals surface area (Å²) in [6, 6.07) is 5.21. The highest BCUT2D eigenvalue weighted by Gasteiger charge is 2.18. The maximum atomic E-state index is 12.4.